The van der Waals surface area contributed by atoms with E-state index in [1.807, 2.05) is 0 Å². The zero-order chi connectivity index (χ0) is 18.4. The van der Waals surface area contributed by atoms with Gasteiger partial charge in [-0.1, -0.05) is 35.3 Å². The summed E-state index contributed by atoms with van der Waals surface area (Å²) < 4.78 is 5.70. The summed E-state index contributed by atoms with van der Waals surface area (Å²) in [4.78, 5) is 21.6. The van der Waals surface area contributed by atoms with E-state index < -0.39 is 5.97 Å². The van der Waals surface area contributed by atoms with Crippen molar-refractivity contribution in [3.8, 4) is 17.2 Å². The van der Waals surface area contributed by atoms with Gasteiger partial charge in [0.15, 0.2) is 5.75 Å². The Hall–Kier alpha value is -2.69. The van der Waals surface area contributed by atoms with E-state index in [0.29, 0.717) is 27.3 Å². The normalized spacial score (nSPS) is 10.2. The Bertz CT molecular complexity index is 860. The molecule has 3 rings (SSSR count). The number of carbonyl (C=O) groups excluding carboxylic acids is 1. The van der Waals surface area contributed by atoms with Gasteiger partial charge in [0.05, 0.1) is 6.42 Å². The summed E-state index contributed by atoms with van der Waals surface area (Å²) in [6.07, 6.45) is 0.0782. The number of hydrogen-bond acceptors (Lipinski definition) is 4. The molecule has 0 aliphatic carbocycles. The molecule has 0 atom stereocenters. The average Bonchev–Trinajstić information content (AvgIpc) is 2.65. The first kappa shape index (κ1) is 18.1. The Labute approximate surface area is 160 Å². The van der Waals surface area contributed by atoms with Gasteiger partial charge >= 0.3 is 5.97 Å². The predicted octanol–water partition coefficient (Wildman–Crippen LogP) is 5.87. The van der Waals surface area contributed by atoms with Gasteiger partial charge in [-0.25, -0.2) is 4.79 Å². The lowest BCUT2D eigenvalue weighted by molar-refractivity contribution is -0.212. The molecule has 26 heavy (non-hydrogen) atoms. The van der Waals surface area contributed by atoms with Gasteiger partial charge in [0.25, 0.3) is 0 Å². The van der Waals surface area contributed by atoms with E-state index in [1.165, 1.54) is 0 Å². The molecule has 0 unspecified atom stereocenters. The molecule has 0 aliphatic heterocycles. The zero-order valence-electron chi connectivity index (χ0n) is 13.5. The van der Waals surface area contributed by atoms with Crippen LogP contribution in [0.5, 0.6) is 17.2 Å². The van der Waals surface area contributed by atoms with E-state index in [-0.39, 0.29) is 6.42 Å². The van der Waals surface area contributed by atoms with Crippen LogP contribution in [0.3, 0.4) is 0 Å². The molecule has 0 radical (unpaired) electrons. The van der Waals surface area contributed by atoms with Gasteiger partial charge in [-0.3, -0.25) is 9.78 Å². The minimum atomic E-state index is -0.508. The quantitative estimate of drug-likeness (QED) is 0.391. The summed E-state index contributed by atoms with van der Waals surface area (Å²) in [5.74, 6) is 1.22. The summed E-state index contributed by atoms with van der Waals surface area (Å²) >= 11 is 11.6. The van der Waals surface area contributed by atoms with Crippen molar-refractivity contribution >= 4 is 29.2 Å². The summed E-state index contributed by atoms with van der Waals surface area (Å²) in [6.45, 7) is 0. The maximum Gasteiger partial charge on any atom is 0.359 e. The Kier molecular flexibility index (Phi) is 6.00. The Balaban J connectivity index is 1.50. The highest BCUT2D eigenvalue weighted by atomic mass is 35.5. The maximum atomic E-state index is 11.8. The molecular formula is C20H14Cl2O4. The van der Waals surface area contributed by atoms with E-state index in [1.54, 1.807) is 72.8 Å². The van der Waals surface area contributed by atoms with Crippen LogP contribution in [0, 0.1) is 0 Å². The Morgan fingerprint density at radius 2 is 1.15 bits per heavy atom. The van der Waals surface area contributed by atoms with Crippen LogP contribution in [-0.4, -0.2) is 5.97 Å². The molecule has 3 aromatic rings. The van der Waals surface area contributed by atoms with E-state index in [0.717, 1.165) is 5.56 Å². The number of halogens is 2. The van der Waals surface area contributed by atoms with Gasteiger partial charge in [-0.2, -0.15) is 0 Å². The lowest BCUT2D eigenvalue weighted by Crippen LogP contribution is -2.10. The third kappa shape index (κ3) is 5.41. The van der Waals surface area contributed by atoms with Gasteiger partial charge in [0, 0.05) is 10.0 Å². The minimum absolute atomic E-state index is 0.0782. The van der Waals surface area contributed by atoms with Gasteiger partial charge in [0.2, 0.25) is 0 Å². The fourth-order valence-corrected chi connectivity index (χ4v) is 2.35. The smallest absolute Gasteiger partial charge is 0.359 e. The van der Waals surface area contributed by atoms with E-state index in [4.69, 9.17) is 37.7 Å². The largest absolute Gasteiger partial charge is 0.457 e. The number of ether oxygens (including phenoxy) is 1. The standard InChI is InChI=1S/C20H14Cl2O4/c21-15-3-9-18(10-4-15)24-17-7-1-14(2-8-17)13-20(23)26-25-19-11-5-16(22)6-12-19/h1-12H,13H2. The van der Waals surface area contributed by atoms with Crippen LogP contribution in [0.4, 0.5) is 0 Å². The highest BCUT2D eigenvalue weighted by Gasteiger charge is 2.08. The molecule has 4 nitrogen and oxygen atoms in total. The fraction of sp³-hybridized carbons (Fsp3) is 0.0500. The van der Waals surface area contributed by atoms with Gasteiger partial charge in [-0.15, -0.1) is 0 Å². The second-order valence-electron chi connectivity index (χ2n) is 5.37. The number of rotatable bonds is 6. The van der Waals surface area contributed by atoms with Crippen LogP contribution in [0.15, 0.2) is 72.8 Å². The highest BCUT2D eigenvalue weighted by Crippen LogP contribution is 2.23. The van der Waals surface area contributed by atoms with Gasteiger partial charge in [-0.05, 0) is 66.2 Å². The predicted molar refractivity (Wildman–Crippen MR) is 99.8 cm³/mol. The average molecular weight is 389 g/mol. The van der Waals surface area contributed by atoms with Crippen molar-refractivity contribution in [3.05, 3.63) is 88.4 Å². The Morgan fingerprint density at radius 1 is 0.692 bits per heavy atom. The molecule has 0 fully saturated rings. The monoisotopic (exact) mass is 388 g/mol. The van der Waals surface area contributed by atoms with Gasteiger partial charge < -0.3 is 4.74 Å². The van der Waals surface area contributed by atoms with Crippen LogP contribution in [0.25, 0.3) is 0 Å². The molecule has 3 aromatic carbocycles. The van der Waals surface area contributed by atoms with Crippen molar-refractivity contribution in [2.24, 2.45) is 0 Å². The summed E-state index contributed by atoms with van der Waals surface area (Å²) in [6, 6.07) is 20.7. The second kappa shape index (κ2) is 8.61. The zero-order valence-corrected chi connectivity index (χ0v) is 15.0. The van der Waals surface area contributed by atoms with Crippen LogP contribution >= 0.6 is 23.2 Å². The molecule has 0 spiro atoms. The molecule has 132 valence electrons. The summed E-state index contributed by atoms with van der Waals surface area (Å²) in [7, 11) is 0. The Morgan fingerprint density at radius 3 is 1.69 bits per heavy atom. The molecular weight excluding hydrogens is 375 g/mol. The minimum Gasteiger partial charge on any atom is -0.457 e. The summed E-state index contributed by atoms with van der Waals surface area (Å²) in [5.41, 5.74) is 0.776. The SMILES string of the molecule is O=C(Cc1ccc(Oc2ccc(Cl)cc2)cc1)OOc1ccc(Cl)cc1. The fourth-order valence-electron chi connectivity index (χ4n) is 2.09. The third-order valence-electron chi connectivity index (χ3n) is 3.37. The molecule has 0 aromatic heterocycles. The number of hydrogen-bond donors (Lipinski definition) is 0. The topological polar surface area (TPSA) is 44.8 Å². The van der Waals surface area contributed by atoms with Crippen molar-refractivity contribution < 1.29 is 19.3 Å². The number of carbonyl (C=O) groups is 1. The third-order valence-corrected chi connectivity index (χ3v) is 3.87. The van der Waals surface area contributed by atoms with Crippen molar-refractivity contribution in [1.82, 2.24) is 0 Å². The van der Waals surface area contributed by atoms with E-state index in [2.05, 4.69) is 0 Å². The summed E-state index contributed by atoms with van der Waals surface area (Å²) in [5, 5.41) is 1.22. The first-order chi connectivity index (χ1) is 12.6. The lowest BCUT2D eigenvalue weighted by Gasteiger charge is -2.07. The molecule has 0 heterocycles. The molecule has 0 bridgehead atoms. The first-order valence-corrected chi connectivity index (χ1v) is 8.49. The van der Waals surface area contributed by atoms with Crippen LogP contribution in [0.2, 0.25) is 10.0 Å². The lowest BCUT2D eigenvalue weighted by atomic mass is 10.1. The molecule has 0 amide bonds. The van der Waals surface area contributed by atoms with Crippen LogP contribution in [-0.2, 0) is 16.1 Å². The second-order valence-corrected chi connectivity index (χ2v) is 6.24. The van der Waals surface area contributed by atoms with Crippen molar-refractivity contribution in [1.29, 1.82) is 0 Å². The van der Waals surface area contributed by atoms with Crippen molar-refractivity contribution in [2.45, 2.75) is 6.42 Å². The van der Waals surface area contributed by atoms with E-state index >= 15 is 0 Å². The molecule has 0 N–H and O–H groups in total. The molecule has 0 saturated heterocycles. The molecule has 0 aliphatic rings. The van der Waals surface area contributed by atoms with Crippen molar-refractivity contribution in [3.63, 3.8) is 0 Å². The van der Waals surface area contributed by atoms with Gasteiger partial charge in [0.1, 0.15) is 11.5 Å². The van der Waals surface area contributed by atoms with Crippen LogP contribution in [0.1, 0.15) is 5.56 Å². The van der Waals surface area contributed by atoms with Crippen LogP contribution < -0.4 is 9.62 Å². The molecule has 0 saturated carbocycles. The first-order valence-electron chi connectivity index (χ1n) is 7.74. The van der Waals surface area contributed by atoms with E-state index in [9.17, 15) is 4.79 Å². The highest BCUT2D eigenvalue weighted by molar-refractivity contribution is 6.30. The van der Waals surface area contributed by atoms with Crippen molar-refractivity contribution in [2.75, 3.05) is 0 Å². The number of benzene rings is 3. The molecule has 6 heteroatoms. The maximum absolute atomic E-state index is 11.8.